The van der Waals surface area contributed by atoms with Gasteiger partial charge in [0.2, 0.25) is 0 Å². The summed E-state index contributed by atoms with van der Waals surface area (Å²) in [6, 6.07) is 7.80. The van der Waals surface area contributed by atoms with Gasteiger partial charge in [-0.15, -0.1) is 0 Å². The Labute approximate surface area is 173 Å². The van der Waals surface area contributed by atoms with Gasteiger partial charge in [-0.05, 0) is 35.4 Å². The normalized spacial score (nSPS) is 23.5. The molecule has 0 unspecified atom stereocenters. The van der Waals surface area contributed by atoms with Crippen LogP contribution in [0.4, 0.5) is 0 Å². The highest BCUT2D eigenvalue weighted by Gasteiger charge is 2.47. The largest absolute Gasteiger partial charge is 0.494 e. The summed E-state index contributed by atoms with van der Waals surface area (Å²) < 4.78 is 11.9. The molecule has 1 aromatic rings. The van der Waals surface area contributed by atoms with Crippen molar-refractivity contribution < 1.29 is 19.1 Å². The summed E-state index contributed by atoms with van der Waals surface area (Å²) in [7, 11) is 0. The van der Waals surface area contributed by atoms with Crippen LogP contribution in [0.25, 0.3) is 0 Å². The zero-order valence-corrected chi connectivity index (χ0v) is 18.1. The highest BCUT2D eigenvalue weighted by atomic mass is 16.5. The summed E-state index contributed by atoms with van der Waals surface area (Å²) in [6.45, 7) is 11.0. The van der Waals surface area contributed by atoms with E-state index in [0.717, 1.165) is 22.8 Å². The molecule has 0 bridgehead atoms. The molecule has 154 valence electrons. The van der Waals surface area contributed by atoms with Crippen LogP contribution in [0.15, 0.2) is 46.9 Å². The van der Waals surface area contributed by atoms with Crippen LogP contribution < -0.4 is 4.74 Å². The minimum atomic E-state index is -0.336. The third-order valence-electron chi connectivity index (χ3n) is 6.11. The van der Waals surface area contributed by atoms with Crippen LogP contribution in [0, 0.1) is 10.8 Å². The van der Waals surface area contributed by atoms with Crippen LogP contribution in [0.3, 0.4) is 0 Å². The monoisotopic (exact) mass is 394 g/mol. The van der Waals surface area contributed by atoms with Gasteiger partial charge in [0.05, 0.1) is 6.61 Å². The zero-order valence-electron chi connectivity index (χ0n) is 18.1. The third kappa shape index (κ3) is 3.65. The molecule has 29 heavy (non-hydrogen) atoms. The number of Topliss-reactive ketones (excluding diaryl/α,β-unsaturated/α-hetero) is 2. The fourth-order valence-electron chi connectivity index (χ4n) is 4.93. The molecule has 0 saturated heterocycles. The molecule has 1 aromatic carbocycles. The van der Waals surface area contributed by atoms with E-state index in [1.165, 1.54) is 0 Å². The van der Waals surface area contributed by atoms with E-state index in [9.17, 15) is 9.59 Å². The summed E-state index contributed by atoms with van der Waals surface area (Å²) in [5.41, 5.74) is 2.05. The van der Waals surface area contributed by atoms with E-state index in [1.54, 1.807) is 0 Å². The Balaban J connectivity index is 1.85. The van der Waals surface area contributed by atoms with Crippen molar-refractivity contribution in [1.82, 2.24) is 0 Å². The number of carbonyl (C=O) groups excluding carboxylic acids is 2. The van der Waals surface area contributed by atoms with Crippen molar-refractivity contribution in [2.75, 3.05) is 6.61 Å². The second-order valence-corrected chi connectivity index (χ2v) is 10.1. The van der Waals surface area contributed by atoms with Gasteiger partial charge >= 0.3 is 0 Å². The lowest BCUT2D eigenvalue weighted by molar-refractivity contribution is -0.120. The molecule has 1 heterocycles. The van der Waals surface area contributed by atoms with E-state index < -0.39 is 0 Å². The van der Waals surface area contributed by atoms with E-state index in [0.29, 0.717) is 43.4 Å². The van der Waals surface area contributed by atoms with Gasteiger partial charge in [0.25, 0.3) is 0 Å². The highest BCUT2D eigenvalue weighted by Crippen LogP contribution is 2.53. The average Bonchev–Trinajstić information content (AvgIpc) is 2.58. The molecule has 0 amide bonds. The smallest absolute Gasteiger partial charge is 0.163 e. The van der Waals surface area contributed by atoms with Gasteiger partial charge in [0, 0.05) is 42.7 Å². The van der Waals surface area contributed by atoms with E-state index in [-0.39, 0.29) is 28.3 Å². The molecule has 0 spiro atoms. The van der Waals surface area contributed by atoms with Crippen molar-refractivity contribution in [3.63, 3.8) is 0 Å². The Kier molecular flexibility index (Phi) is 4.71. The van der Waals surface area contributed by atoms with E-state index in [2.05, 4.69) is 27.7 Å². The van der Waals surface area contributed by atoms with E-state index >= 15 is 0 Å². The van der Waals surface area contributed by atoms with Crippen molar-refractivity contribution >= 4 is 11.6 Å². The van der Waals surface area contributed by atoms with Crippen molar-refractivity contribution in [3.05, 3.63) is 52.5 Å². The zero-order chi connectivity index (χ0) is 21.0. The molecular formula is C25H30O4. The lowest BCUT2D eigenvalue weighted by atomic mass is 9.65. The first-order valence-electron chi connectivity index (χ1n) is 10.5. The predicted octanol–water partition coefficient (Wildman–Crippen LogP) is 5.49. The number of ketones is 2. The first-order chi connectivity index (χ1) is 13.6. The van der Waals surface area contributed by atoms with Gasteiger partial charge in [-0.3, -0.25) is 9.59 Å². The minimum Gasteiger partial charge on any atom is -0.494 e. The van der Waals surface area contributed by atoms with Crippen LogP contribution in [-0.4, -0.2) is 18.2 Å². The predicted molar refractivity (Wildman–Crippen MR) is 112 cm³/mol. The molecule has 0 atom stereocenters. The lowest BCUT2D eigenvalue weighted by Crippen LogP contribution is -2.37. The summed E-state index contributed by atoms with van der Waals surface area (Å²) in [4.78, 5) is 26.4. The number of hydrogen-bond donors (Lipinski definition) is 0. The number of carbonyl (C=O) groups is 2. The molecule has 4 rings (SSSR count). The number of benzene rings is 1. The molecule has 1 aliphatic heterocycles. The van der Waals surface area contributed by atoms with Crippen molar-refractivity contribution in [3.8, 4) is 5.75 Å². The Morgan fingerprint density at radius 2 is 1.34 bits per heavy atom. The standard InChI is InChI=1S/C25H30O4/c1-6-28-16-9-7-15(8-10-16)21-22-17(26)11-24(2,3)13-19(22)29-20-14-25(4,5)12-18(27)23(20)21/h7-10,21H,6,11-14H2,1-5H3. The minimum absolute atomic E-state index is 0.0966. The molecule has 4 heteroatoms. The first-order valence-corrected chi connectivity index (χ1v) is 10.5. The van der Waals surface area contributed by atoms with E-state index in [4.69, 9.17) is 9.47 Å². The second kappa shape index (κ2) is 6.86. The Hall–Kier alpha value is -2.36. The maximum absolute atomic E-state index is 13.2. The van der Waals surface area contributed by atoms with Gasteiger partial charge in [-0.1, -0.05) is 39.8 Å². The van der Waals surface area contributed by atoms with Crippen LogP contribution in [0.5, 0.6) is 5.75 Å². The SMILES string of the molecule is CCOc1ccc(C2C3=C(CC(C)(C)CC3=O)OC3=C2C(=O)CC(C)(C)C3)cc1. The Morgan fingerprint density at radius 3 is 1.79 bits per heavy atom. The van der Waals surface area contributed by atoms with Crippen molar-refractivity contribution in [2.24, 2.45) is 10.8 Å². The summed E-state index contributed by atoms with van der Waals surface area (Å²) in [6.07, 6.45) is 2.38. The molecule has 0 radical (unpaired) electrons. The Morgan fingerprint density at radius 1 is 0.862 bits per heavy atom. The molecular weight excluding hydrogens is 364 g/mol. The quantitative estimate of drug-likeness (QED) is 0.681. The topological polar surface area (TPSA) is 52.6 Å². The molecule has 2 aliphatic carbocycles. The molecule has 0 aromatic heterocycles. The number of ether oxygens (including phenoxy) is 2. The molecule has 0 fully saturated rings. The van der Waals surface area contributed by atoms with Gasteiger partial charge < -0.3 is 9.47 Å². The number of hydrogen-bond acceptors (Lipinski definition) is 4. The summed E-state index contributed by atoms with van der Waals surface area (Å²) in [5, 5.41) is 0. The van der Waals surface area contributed by atoms with E-state index in [1.807, 2.05) is 31.2 Å². The lowest BCUT2D eigenvalue weighted by Gasteiger charge is -2.42. The van der Waals surface area contributed by atoms with Crippen LogP contribution in [-0.2, 0) is 14.3 Å². The van der Waals surface area contributed by atoms with Crippen LogP contribution in [0.1, 0.15) is 71.8 Å². The van der Waals surface area contributed by atoms with Gasteiger partial charge in [0.15, 0.2) is 11.6 Å². The van der Waals surface area contributed by atoms with Crippen molar-refractivity contribution in [1.29, 1.82) is 0 Å². The molecule has 0 saturated carbocycles. The van der Waals surface area contributed by atoms with Crippen LogP contribution >= 0.6 is 0 Å². The average molecular weight is 395 g/mol. The fourth-order valence-corrected chi connectivity index (χ4v) is 4.93. The van der Waals surface area contributed by atoms with Gasteiger partial charge in [0.1, 0.15) is 17.3 Å². The molecule has 3 aliphatic rings. The summed E-state index contributed by atoms with van der Waals surface area (Å²) in [5.74, 6) is 2.16. The van der Waals surface area contributed by atoms with Gasteiger partial charge in [-0.25, -0.2) is 0 Å². The molecule has 0 N–H and O–H groups in total. The summed E-state index contributed by atoms with van der Waals surface area (Å²) >= 11 is 0. The maximum atomic E-state index is 13.2. The van der Waals surface area contributed by atoms with Crippen LogP contribution in [0.2, 0.25) is 0 Å². The fraction of sp³-hybridized carbons (Fsp3) is 0.520. The van der Waals surface area contributed by atoms with Crippen molar-refractivity contribution in [2.45, 2.75) is 66.2 Å². The first kappa shape index (κ1) is 19.9. The third-order valence-corrected chi connectivity index (χ3v) is 6.11. The highest BCUT2D eigenvalue weighted by molar-refractivity contribution is 6.06. The van der Waals surface area contributed by atoms with Gasteiger partial charge in [-0.2, -0.15) is 0 Å². The molecule has 4 nitrogen and oxygen atoms in total. The second-order valence-electron chi connectivity index (χ2n) is 10.1. The number of allylic oxidation sites excluding steroid dienone is 4. The Bertz CT molecular complexity index is 876. The maximum Gasteiger partial charge on any atom is 0.163 e. The number of rotatable bonds is 3.